The summed E-state index contributed by atoms with van der Waals surface area (Å²) in [7, 11) is 0. The Morgan fingerprint density at radius 2 is 2.00 bits per heavy atom. The molecule has 1 aromatic heterocycles. The van der Waals surface area contributed by atoms with Gasteiger partial charge in [0.15, 0.2) is 11.1 Å². The van der Waals surface area contributed by atoms with Crippen LogP contribution in [-0.2, 0) is 11.1 Å². The topological polar surface area (TPSA) is 63.3 Å². The van der Waals surface area contributed by atoms with Crippen molar-refractivity contribution in [3.05, 3.63) is 35.2 Å². The van der Waals surface area contributed by atoms with Crippen LogP contribution in [0.3, 0.4) is 0 Å². The van der Waals surface area contributed by atoms with E-state index in [0.717, 1.165) is 22.4 Å². The highest BCUT2D eigenvalue weighted by atomic mass is 32.2. The maximum absolute atomic E-state index is 11.2. The van der Waals surface area contributed by atoms with E-state index in [0.29, 0.717) is 10.7 Å². The normalized spacial score (nSPS) is 12.7. The molecule has 17 heavy (non-hydrogen) atoms. The summed E-state index contributed by atoms with van der Waals surface area (Å²) in [6, 6.07) is 5.43. The summed E-state index contributed by atoms with van der Waals surface area (Å²) in [5.41, 5.74) is 3.31. The Morgan fingerprint density at radius 1 is 1.29 bits per heavy atom. The predicted molar refractivity (Wildman–Crippen MR) is 65.2 cm³/mol. The number of hydrogen-bond donors (Lipinski definition) is 1. The Hall–Kier alpha value is -1.46. The van der Waals surface area contributed by atoms with Crippen molar-refractivity contribution in [2.45, 2.75) is 25.7 Å². The van der Waals surface area contributed by atoms with Crippen LogP contribution >= 0.6 is 0 Å². The molecular formula is C12H13NO3S. The van der Waals surface area contributed by atoms with Crippen LogP contribution in [0, 0.1) is 20.8 Å². The molecule has 0 saturated heterocycles. The smallest absolute Gasteiger partial charge is 0.186 e. The first-order valence-electron chi connectivity index (χ1n) is 5.15. The van der Waals surface area contributed by atoms with Gasteiger partial charge in [0.1, 0.15) is 5.76 Å². The summed E-state index contributed by atoms with van der Waals surface area (Å²) in [5.74, 6) is 0.709. The molecule has 0 spiro atoms. The van der Waals surface area contributed by atoms with E-state index < -0.39 is 11.1 Å². The van der Waals surface area contributed by atoms with Gasteiger partial charge in [-0.1, -0.05) is 17.3 Å². The Kier molecular flexibility index (Phi) is 3.13. The quantitative estimate of drug-likeness (QED) is 0.833. The Bertz CT molecular complexity index is 570. The Labute approximate surface area is 102 Å². The molecule has 2 rings (SSSR count). The van der Waals surface area contributed by atoms with Gasteiger partial charge < -0.3 is 9.08 Å². The van der Waals surface area contributed by atoms with Gasteiger partial charge in [0.05, 0.1) is 10.6 Å². The van der Waals surface area contributed by atoms with Crippen molar-refractivity contribution in [2.75, 3.05) is 0 Å². The predicted octanol–water partition coefficient (Wildman–Crippen LogP) is 2.85. The van der Waals surface area contributed by atoms with E-state index in [1.165, 1.54) is 0 Å². The molecular weight excluding hydrogens is 238 g/mol. The third-order valence-corrected chi connectivity index (χ3v) is 3.51. The minimum atomic E-state index is -1.98. The lowest BCUT2D eigenvalue weighted by molar-refractivity contribution is 0.393. The van der Waals surface area contributed by atoms with Crippen molar-refractivity contribution >= 4 is 11.1 Å². The summed E-state index contributed by atoms with van der Waals surface area (Å²) < 4.78 is 25.5. The highest BCUT2D eigenvalue weighted by molar-refractivity contribution is 7.79. The van der Waals surface area contributed by atoms with Gasteiger partial charge in [0.25, 0.3) is 0 Å². The van der Waals surface area contributed by atoms with Crippen LogP contribution in [0.1, 0.15) is 17.0 Å². The molecule has 0 fully saturated rings. The lowest BCUT2D eigenvalue weighted by atomic mass is 10.0. The zero-order valence-electron chi connectivity index (χ0n) is 9.85. The zero-order valence-corrected chi connectivity index (χ0v) is 10.7. The second-order valence-electron chi connectivity index (χ2n) is 3.93. The van der Waals surface area contributed by atoms with E-state index in [1.807, 2.05) is 26.0 Å². The van der Waals surface area contributed by atoms with E-state index in [1.54, 1.807) is 13.0 Å². The van der Waals surface area contributed by atoms with Crippen molar-refractivity contribution in [2.24, 2.45) is 0 Å². The van der Waals surface area contributed by atoms with Gasteiger partial charge in [0, 0.05) is 5.56 Å². The van der Waals surface area contributed by atoms with Crippen LogP contribution in [-0.4, -0.2) is 13.9 Å². The largest absolute Gasteiger partial charge is 0.361 e. The summed E-state index contributed by atoms with van der Waals surface area (Å²) in [4.78, 5) is 0.419. The molecule has 1 N–H and O–H groups in total. The van der Waals surface area contributed by atoms with E-state index in [-0.39, 0.29) is 0 Å². The van der Waals surface area contributed by atoms with Crippen LogP contribution in [0.15, 0.2) is 27.6 Å². The number of benzene rings is 1. The molecule has 2 aromatic rings. The van der Waals surface area contributed by atoms with Crippen LogP contribution < -0.4 is 0 Å². The third-order valence-electron chi connectivity index (χ3n) is 2.70. The number of nitrogens with zero attached hydrogens (tertiary/aromatic N) is 1. The minimum absolute atomic E-state index is 0.419. The molecule has 1 heterocycles. The molecule has 0 radical (unpaired) electrons. The zero-order chi connectivity index (χ0) is 12.6. The van der Waals surface area contributed by atoms with Crippen LogP contribution in [0.25, 0.3) is 11.1 Å². The average molecular weight is 251 g/mol. The van der Waals surface area contributed by atoms with Crippen molar-refractivity contribution in [1.82, 2.24) is 5.16 Å². The molecule has 1 unspecified atom stereocenters. The van der Waals surface area contributed by atoms with Gasteiger partial charge in [-0.05, 0) is 38.0 Å². The SMILES string of the molecule is Cc1ccc(-c2c(C)noc2C)cc1S(=O)O. The monoisotopic (exact) mass is 251 g/mol. The van der Waals surface area contributed by atoms with Crippen molar-refractivity contribution in [1.29, 1.82) is 0 Å². The fourth-order valence-electron chi connectivity index (χ4n) is 1.84. The molecule has 1 aromatic carbocycles. The van der Waals surface area contributed by atoms with Crippen LogP contribution in [0.5, 0.6) is 0 Å². The van der Waals surface area contributed by atoms with Crippen LogP contribution in [0.2, 0.25) is 0 Å². The highest BCUT2D eigenvalue weighted by Crippen LogP contribution is 2.29. The third kappa shape index (κ3) is 2.16. The van der Waals surface area contributed by atoms with E-state index >= 15 is 0 Å². The standard InChI is InChI=1S/C12H13NO3S/c1-7-4-5-10(6-11(7)17(14)15)12-8(2)13-16-9(12)3/h4-6H,1-3H3,(H,14,15). The summed E-state index contributed by atoms with van der Waals surface area (Å²) in [5, 5.41) is 3.88. The fourth-order valence-corrected chi connectivity index (χ4v) is 2.41. The average Bonchev–Trinajstić information content (AvgIpc) is 2.59. The van der Waals surface area contributed by atoms with E-state index in [4.69, 9.17) is 4.52 Å². The molecule has 0 aliphatic heterocycles. The van der Waals surface area contributed by atoms with Gasteiger partial charge in [-0.25, -0.2) is 4.21 Å². The Morgan fingerprint density at radius 3 is 2.53 bits per heavy atom. The van der Waals surface area contributed by atoms with Gasteiger partial charge in [-0.15, -0.1) is 0 Å². The first-order chi connectivity index (χ1) is 8.00. The molecule has 0 amide bonds. The maximum atomic E-state index is 11.2. The number of rotatable bonds is 2. The van der Waals surface area contributed by atoms with E-state index in [2.05, 4.69) is 5.16 Å². The summed E-state index contributed by atoms with van der Waals surface area (Å²) in [6.07, 6.45) is 0. The number of aromatic nitrogens is 1. The first-order valence-corrected chi connectivity index (χ1v) is 6.26. The lowest BCUT2D eigenvalue weighted by Gasteiger charge is -2.05. The molecule has 0 aliphatic rings. The van der Waals surface area contributed by atoms with Gasteiger partial charge in [-0.3, -0.25) is 0 Å². The molecule has 0 aliphatic carbocycles. The number of aryl methyl sites for hydroxylation is 3. The number of hydrogen-bond acceptors (Lipinski definition) is 3. The minimum Gasteiger partial charge on any atom is -0.361 e. The molecule has 0 bridgehead atoms. The summed E-state index contributed by atoms with van der Waals surface area (Å²) >= 11 is -1.98. The molecule has 90 valence electrons. The fraction of sp³-hybridized carbons (Fsp3) is 0.250. The van der Waals surface area contributed by atoms with Gasteiger partial charge in [-0.2, -0.15) is 0 Å². The van der Waals surface area contributed by atoms with Crippen molar-refractivity contribution < 1.29 is 13.3 Å². The first kappa shape index (κ1) is 12.0. The summed E-state index contributed by atoms with van der Waals surface area (Å²) in [6.45, 7) is 5.48. The maximum Gasteiger partial charge on any atom is 0.186 e. The Balaban J connectivity index is 2.62. The van der Waals surface area contributed by atoms with Crippen molar-refractivity contribution in [3.8, 4) is 11.1 Å². The lowest BCUT2D eigenvalue weighted by Crippen LogP contribution is -1.93. The molecule has 4 nitrogen and oxygen atoms in total. The second kappa shape index (κ2) is 4.43. The van der Waals surface area contributed by atoms with E-state index in [9.17, 15) is 8.76 Å². The van der Waals surface area contributed by atoms with Gasteiger partial charge >= 0.3 is 0 Å². The molecule has 5 heteroatoms. The molecule has 0 saturated carbocycles. The second-order valence-corrected chi connectivity index (χ2v) is 4.87. The van der Waals surface area contributed by atoms with Crippen LogP contribution in [0.4, 0.5) is 0 Å². The van der Waals surface area contributed by atoms with Gasteiger partial charge in [0.2, 0.25) is 0 Å². The highest BCUT2D eigenvalue weighted by Gasteiger charge is 2.14. The molecule has 1 atom stereocenters. The van der Waals surface area contributed by atoms with Crippen molar-refractivity contribution in [3.63, 3.8) is 0 Å².